The summed E-state index contributed by atoms with van der Waals surface area (Å²) in [6.45, 7) is 0.509. The summed E-state index contributed by atoms with van der Waals surface area (Å²) in [6, 6.07) is 15.8. The van der Waals surface area contributed by atoms with Crippen LogP contribution in [0.25, 0.3) is 0 Å². The maximum absolute atomic E-state index is 13.4. The number of carbonyl (C=O) groups is 2. The fraction of sp³-hybridized carbons (Fsp3) is 0.391. The molecular weight excluding hydrogens is 369 g/mol. The van der Waals surface area contributed by atoms with Crippen LogP contribution in [0.15, 0.2) is 54.6 Å². The van der Waals surface area contributed by atoms with E-state index >= 15 is 0 Å². The van der Waals surface area contributed by atoms with E-state index in [1.54, 1.807) is 12.1 Å². The summed E-state index contributed by atoms with van der Waals surface area (Å²) in [5.41, 5.74) is 1.40. The summed E-state index contributed by atoms with van der Waals surface area (Å²) in [5, 5.41) is 6.09. The van der Waals surface area contributed by atoms with Gasteiger partial charge in [-0.25, -0.2) is 9.18 Å². The normalized spacial score (nSPS) is 23.3. The lowest BCUT2D eigenvalue weighted by Gasteiger charge is -2.48. The Morgan fingerprint density at radius 1 is 1.00 bits per heavy atom. The van der Waals surface area contributed by atoms with Crippen LogP contribution in [0.5, 0.6) is 0 Å². The fourth-order valence-electron chi connectivity index (χ4n) is 4.59. The molecule has 0 aromatic heterocycles. The minimum absolute atomic E-state index is 0.000703. The van der Waals surface area contributed by atoms with Gasteiger partial charge in [-0.3, -0.25) is 4.79 Å². The zero-order valence-electron chi connectivity index (χ0n) is 16.3. The van der Waals surface area contributed by atoms with Crippen molar-refractivity contribution < 1.29 is 14.0 Å². The number of amides is 3. The van der Waals surface area contributed by atoms with E-state index in [-0.39, 0.29) is 30.1 Å². The first-order valence-corrected chi connectivity index (χ1v) is 10.3. The molecule has 4 rings (SSSR count). The van der Waals surface area contributed by atoms with Gasteiger partial charge in [0.1, 0.15) is 5.82 Å². The van der Waals surface area contributed by atoms with Crippen molar-refractivity contribution in [3.8, 4) is 0 Å². The van der Waals surface area contributed by atoms with E-state index in [0.29, 0.717) is 12.1 Å². The molecule has 152 valence electrons. The molecule has 2 saturated heterocycles. The molecule has 0 spiro atoms. The molecule has 2 aromatic carbocycles. The van der Waals surface area contributed by atoms with Crippen LogP contribution in [-0.4, -0.2) is 35.0 Å². The van der Waals surface area contributed by atoms with Gasteiger partial charge in [0.25, 0.3) is 5.91 Å². The van der Waals surface area contributed by atoms with Gasteiger partial charge in [-0.15, -0.1) is 0 Å². The Labute approximate surface area is 170 Å². The number of hydrogen-bond acceptors (Lipinski definition) is 2. The van der Waals surface area contributed by atoms with Crippen molar-refractivity contribution >= 4 is 11.9 Å². The number of benzene rings is 2. The molecule has 2 bridgehead atoms. The third-order valence-corrected chi connectivity index (χ3v) is 5.92. The number of halogens is 1. The van der Waals surface area contributed by atoms with Gasteiger partial charge in [0.05, 0.1) is 0 Å². The highest BCUT2D eigenvalue weighted by molar-refractivity contribution is 5.94. The van der Waals surface area contributed by atoms with Gasteiger partial charge in [0, 0.05) is 30.2 Å². The van der Waals surface area contributed by atoms with Crippen LogP contribution in [0, 0.1) is 5.82 Å². The van der Waals surface area contributed by atoms with E-state index in [9.17, 15) is 14.0 Å². The molecule has 0 saturated carbocycles. The van der Waals surface area contributed by atoms with E-state index < -0.39 is 5.82 Å². The van der Waals surface area contributed by atoms with Gasteiger partial charge in [-0.05, 0) is 55.9 Å². The predicted molar refractivity (Wildman–Crippen MR) is 109 cm³/mol. The maximum atomic E-state index is 13.4. The van der Waals surface area contributed by atoms with Crippen LogP contribution in [-0.2, 0) is 6.54 Å². The Balaban J connectivity index is 1.37. The molecular formula is C23H26FN3O2. The number of urea groups is 1. The summed E-state index contributed by atoms with van der Waals surface area (Å²) in [4.78, 5) is 27.3. The van der Waals surface area contributed by atoms with E-state index in [4.69, 9.17) is 0 Å². The zero-order valence-corrected chi connectivity index (χ0v) is 16.3. The third-order valence-electron chi connectivity index (χ3n) is 5.92. The number of carbonyl (C=O) groups excluding carboxylic acids is 2. The Hall–Kier alpha value is -2.89. The van der Waals surface area contributed by atoms with E-state index in [1.165, 1.54) is 12.1 Å². The number of piperidine rings is 2. The molecule has 2 N–H and O–H groups in total. The topological polar surface area (TPSA) is 61.4 Å². The maximum Gasteiger partial charge on any atom is 0.318 e. The molecule has 1 unspecified atom stereocenters. The van der Waals surface area contributed by atoms with Crippen LogP contribution in [0.3, 0.4) is 0 Å². The van der Waals surface area contributed by atoms with Crippen LogP contribution < -0.4 is 10.6 Å². The van der Waals surface area contributed by atoms with Crippen molar-refractivity contribution in [2.75, 3.05) is 0 Å². The van der Waals surface area contributed by atoms with Crippen LogP contribution >= 0.6 is 0 Å². The molecule has 3 atom stereocenters. The van der Waals surface area contributed by atoms with E-state index in [2.05, 4.69) is 10.6 Å². The second kappa shape index (κ2) is 8.64. The molecule has 0 radical (unpaired) electrons. The number of nitrogens with one attached hydrogen (secondary N) is 2. The van der Waals surface area contributed by atoms with Crippen molar-refractivity contribution in [3.05, 3.63) is 71.5 Å². The monoisotopic (exact) mass is 395 g/mol. The van der Waals surface area contributed by atoms with E-state index in [1.807, 2.05) is 35.2 Å². The van der Waals surface area contributed by atoms with E-state index in [0.717, 1.165) is 37.7 Å². The highest BCUT2D eigenvalue weighted by Crippen LogP contribution is 2.34. The lowest BCUT2D eigenvalue weighted by Crippen LogP contribution is -2.60. The molecule has 2 fully saturated rings. The van der Waals surface area contributed by atoms with Crippen molar-refractivity contribution in [2.45, 2.75) is 56.8 Å². The second-order valence-electron chi connectivity index (χ2n) is 7.94. The van der Waals surface area contributed by atoms with Gasteiger partial charge in [0.2, 0.25) is 0 Å². The highest BCUT2D eigenvalue weighted by atomic mass is 19.1. The Morgan fingerprint density at radius 3 is 2.41 bits per heavy atom. The average molecular weight is 395 g/mol. The molecule has 2 aromatic rings. The SMILES string of the molecule is O=C(NC1C[C@H]2CCC[C@@H](C1)N2C(=O)NCc1ccccc1)c1cccc(F)c1. The smallest absolute Gasteiger partial charge is 0.318 e. The molecule has 29 heavy (non-hydrogen) atoms. The molecule has 2 aliphatic rings. The number of fused-ring (bicyclic) bond motifs is 2. The first-order valence-electron chi connectivity index (χ1n) is 10.3. The summed E-state index contributed by atoms with van der Waals surface area (Å²) >= 11 is 0. The third kappa shape index (κ3) is 4.58. The number of nitrogens with zero attached hydrogens (tertiary/aromatic N) is 1. The lowest BCUT2D eigenvalue weighted by atomic mass is 9.82. The largest absolute Gasteiger partial charge is 0.349 e. The zero-order chi connectivity index (χ0) is 20.2. The summed E-state index contributed by atoms with van der Waals surface area (Å²) < 4.78 is 13.4. The standard InChI is InChI=1S/C23H26FN3O2/c24-18-9-4-8-17(12-18)22(28)26-19-13-20-10-5-11-21(14-19)27(20)23(29)25-15-16-6-2-1-3-7-16/h1-4,6-9,12,19-21H,5,10-11,13-15H2,(H,25,29)(H,26,28)/t19?,20-,21+. The molecule has 2 heterocycles. The summed E-state index contributed by atoms with van der Waals surface area (Å²) in [7, 11) is 0. The van der Waals surface area contributed by atoms with Crippen LogP contribution in [0.1, 0.15) is 48.0 Å². The summed E-state index contributed by atoms with van der Waals surface area (Å²) in [5.74, 6) is -0.672. The Morgan fingerprint density at radius 2 is 1.72 bits per heavy atom. The second-order valence-corrected chi connectivity index (χ2v) is 7.94. The number of rotatable bonds is 4. The van der Waals surface area contributed by atoms with Gasteiger partial charge in [-0.2, -0.15) is 0 Å². The lowest BCUT2D eigenvalue weighted by molar-refractivity contribution is 0.0522. The minimum Gasteiger partial charge on any atom is -0.349 e. The van der Waals surface area contributed by atoms with Crippen molar-refractivity contribution in [2.24, 2.45) is 0 Å². The van der Waals surface area contributed by atoms with Gasteiger partial charge >= 0.3 is 6.03 Å². The Kier molecular flexibility index (Phi) is 5.79. The number of hydrogen-bond donors (Lipinski definition) is 2. The van der Waals surface area contributed by atoms with Crippen molar-refractivity contribution in [3.63, 3.8) is 0 Å². The van der Waals surface area contributed by atoms with Gasteiger partial charge in [-0.1, -0.05) is 36.4 Å². The highest BCUT2D eigenvalue weighted by Gasteiger charge is 2.41. The predicted octanol–water partition coefficient (Wildman–Crippen LogP) is 3.85. The Bertz CT molecular complexity index is 859. The van der Waals surface area contributed by atoms with Gasteiger partial charge < -0.3 is 15.5 Å². The summed E-state index contributed by atoms with van der Waals surface area (Å²) in [6.07, 6.45) is 4.46. The average Bonchev–Trinajstić information content (AvgIpc) is 2.72. The molecule has 2 aliphatic heterocycles. The quantitative estimate of drug-likeness (QED) is 0.826. The first-order chi connectivity index (χ1) is 14.1. The first kappa shape index (κ1) is 19.4. The molecule has 3 amide bonds. The van der Waals surface area contributed by atoms with Crippen molar-refractivity contribution in [1.82, 2.24) is 15.5 Å². The minimum atomic E-state index is -0.417. The fourth-order valence-corrected chi connectivity index (χ4v) is 4.59. The van der Waals surface area contributed by atoms with Gasteiger partial charge in [0.15, 0.2) is 0 Å². The molecule has 6 heteroatoms. The van der Waals surface area contributed by atoms with Crippen molar-refractivity contribution in [1.29, 1.82) is 0 Å². The molecule has 5 nitrogen and oxygen atoms in total. The molecule has 0 aliphatic carbocycles. The van der Waals surface area contributed by atoms with Crippen LogP contribution in [0.4, 0.5) is 9.18 Å². The van der Waals surface area contributed by atoms with Crippen LogP contribution in [0.2, 0.25) is 0 Å².